The van der Waals surface area contributed by atoms with Crippen molar-refractivity contribution in [3.8, 4) is 0 Å². The summed E-state index contributed by atoms with van der Waals surface area (Å²) in [6.45, 7) is 0. The SMILES string of the molecule is COC(=O)/C=C/c1ccc2cc(N(C)C)ccc2c1. The molecule has 0 radical (unpaired) electrons. The molecule has 0 unspecified atom stereocenters. The van der Waals surface area contributed by atoms with Crippen LogP contribution < -0.4 is 4.90 Å². The Morgan fingerprint density at radius 2 is 1.79 bits per heavy atom. The summed E-state index contributed by atoms with van der Waals surface area (Å²) in [7, 11) is 5.42. The highest BCUT2D eigenvalue weighted by molar-refractivity contribution is 5.90. The van der Waals surface area contributed by atoms with Gasteiger partial charge in [-0.2, -0.15) is 0 Å². The summed E-state index contributed by atoms with van der Waals surface area (Å²) in [4.78, 5) is 13.1. The predicted octanol–water partition coefficient (Wildman–Crippen LogP) is 3.09. The number of anilines is 1. The maximum absolute atomic E-state index is 11.1. The van der Waals surface area contributed by atoms with Gasteiger partial charge in [-0.3, -0.25) is 0 Å². The highest BCUT2D eigenvalue weighted by atomic mass is 16.5. The van der Waals surface area contributed by atoms with E-state index < -0.39 is 0 Å². The van der Waals surface area contributed by atoms with Crippen LogP contribution in [-0.4, -0.2) is 27.2 Å². The summed E-state index contributed by atoms with van der Waals surface area (Å²) < 4.78 is 4.57. The molecule has 0 spiro atoms. The van der Waals surface area contributed by atoms with E-state index in [2.05, 4.69) is 33.9 Å². The van der Waals surface area contributed by atoms with Gasteiger partial charge in [0.2, 0.25) is 0 Å². The molecule has 0 N–H and O–H groups in total. The molecular formula is C16H17NO2. The summed E-state index contributed by atoms with van der Waals surface area (Å²) in [5.74, 6) is -0.344. The fraction of sp³-hybridized carbons (Fsp3) is 0.188. The molecule has 0 saturated heterocycles. The Balaban J connectivity index is 2.34. The summed E-state index contributed by atoms with van der Waals surface area (Å²) in [5.41, 5.74) is 2.15. The van der Waals surface area contributed by atoms with E-state index in [0.29, 0.717) is 0 Å². The molecule has 98 valence electrons. The number of esters is 1. The number of nitrogens with zero attached hydrogens (tertiary/aromatic N) is 1. The molecular weight excluding hydrogens is 238 g/mol. The minimum absolute atomic E-state index is 0.344. The average Bonchev–Trinajstić information content (AvgIpc) is 2.43. The van der Waals surface area contributed by atoms with Crippen molar-refractivity contribution in [1.29, 1.82) is 0 Å². The van der Waals surface area contributed by atoms with Gasteiger partial charge in [-0.05, 0) is 40.6 Å². The topological polar surface area (TPSA) is 29.5 Å². The van der Waals surface area contributed by atoms with Gasteiger partial charge in [0.25, 0.3) is 0 Å². The first-order chi connectivity index (χ1) is 9.10. The van der Waals surface area contributed by atoms with Gasteiger partial charge in [-0.1, -0.05) is 18.2 Å². The standard InChI is InChI=1S/C16H17NO2/c1-17(2)15-8-7-13-10-12(4-6-14(13)11-15)5-9-16(18)19-3/h4-11H,1-3H3/b9-5+. The van der Waals surface area contributed by atoms with Crippen molar-refractivity contribution in [3.63, 3.8) is 0 Å². The molecule has 19 heavy (non-hydrogen) atoms. The first kappa shape index (κ1) is 13.1. The van der Waals surface area contributed by atoms with Crippen molar-refractivity contribution in [2.24, 2.45) is 0 Å². The van der Waals surface area contributed by atoms with Gasteiger partial charge in [0, 0.05) is 25.9 Å². The third-order valence-corrected chi connectivity index (χ3v) is 2.98. The molecule has 0 aliphatic carbocycles. The number of carbonyl (C=O) groups is 1. The van der Waals surface area contributed by atoms with Crippen LogP contribution in [-0.2, 0) is 9.53 Å². The predicted molar refractivity (Wildman–Crippen MR) is 79.3 cm³/mol. The summed E-state index contributed by atoms with van der Waals surface area (Å²) >= 11 is 0. The molecule has 0 aliphatic rings. The van der Waals surface area contributed by atoms with Crippen LogP contribution in [0.15, 0.2) is 42.5 Å². The van der Waals surface area contributed by atoms with Gasteiger partial charge >= 0.3 is 5.97 Å². The third kappa shape index (κ3) is 3.13. The molecule has 2 aromatic rings. The van der Waals surface area contributed by atoms with Crippen LogP contribution in [0.25, 0.3) is 16.8 Å². The normalized spacial score (nSPS) is 10.9. The molecule has 0 saturated carbocycles. The van der Waals surface area contributed by atoms with E-state index in [-0.39, 0.29) is 5.97 Å². The minimum atomic E-state index is -0.344. The number of ether oxygens (including phenoxy) is 1. The first-order valence-electron chi connectivity index (χ1n) is 6.07. The van der Waals surface area contributed by atoms with Gasteiger partial charge in [-0.25, -0.2) is 4.79 Å². The minimum Gasteiger partial charge on any atom is -0.466 e. The molecule has 3 heteroatoms. The molecule has 0 aliphatic heterocycles. The van der Waals surface area contributed by atoms with E-state index in [1.54, 1.807) is 6.08 Å². The smallest absolute Gasteiger partial charge is 0.330 e. The van der Waals surface area contributed by atoms with Crippen molar-refractivity contribution in [3.05, 3.63) is 48.0 Å². The highest BCUT2D eigenvalue weighted by Crippen LogP contribution is 2.22. The van der Waals surface area contributed by atoms with E-state index in [1.807, 2.05) is 26.2 Å². The monoisotopic (exact) mass is 255 g/mol. The fourth-order valence-electron chi connectivity index (χ4n) is 1.87. The lowest BCUT2D eigenvalue weighted by Crippen LogP contribution is -2.07. The van der Waals surface area contributed by atoms with Gasteiger partial charge in [-0.15, -0.1) is 0 Å². The van der Waals surface area contributed by atoms with E-state index in [9.17, 15) is 4.79 Å². The maximum Gasteiger partial charge on any atom is 0.330 e. The van der Waals surface area contributed by atoms with Crippen LogP contribution in [0.3, 0.4) is 0 Å². The second kappa shape index (κ2) is 5.57. The number of hydrogen-bond donors (Lipinski definition) is 0. The number of carbonyl (C=O) groups excluding carboxylic acids is 1. The van der Waals surface area contributed by atoms with Crippen LogP contribution in [0.4, 0.5) is 5.69 Å². The zero-order chi connectivity index (χ0) is 13.8. The lowest BCUT2D eigenvalue weighted by Gasteiger charge is -2.13. The molecule has 2 aromatic carbocycles. The number of methoxy groups -OCH3 is 1. The van der Waals surface area contributed by atoms with Crippen molar-refractivity contribution >= 4 is 28.5 Å². The van der Waals surface area contributed by atoms with Crippen molar-refractivity contribution in [2.45, 2.75) is 0 Å². The molecule has 0 heterocycles. The molecule has 0 atom stereocenters. The van der Waals surface area contributed by atoms with E-state index in [0.717, 1.165) is 10.9 Å². The third-order valence-electron chi connectivity index (χ3n) is 2.98. The van der Waals surface area contributed by atoms with Crippen LogP contribution >= 0.6 is 0 Å². The summed E-state index contributed by atoms with van der Waals surface area (Å²) in [5, 5.41) is 2.33. The molecule has 3 nitrogen and oxygen atoms in total. The van der Waals surface area contributed by atoms with Crippen LogP contribution in [0, 0.1) is 0 Å². The molecule has 0 amide bonds. The van der Waals surface area contributed by atoms with Crippen LogP contribution in [0.1, 0.15) is 5.56 Å². The largest absolute Gasteiger partial charge is 0.466 e. The molecule has 0 fully saturated rings. The fourth-order valence-corrected chi connectivity index (χ4v) is 1.87. The van der Waals surface area contributed by atoms with E-state index in [4.69, 9.17) is 0 Å². The lowest BCUT2D eigenvalue weighted by atomic mass is 10.1. The van der Waals surface area contributed by atoms with Gasteiger partial charge in [0.15, 0.2) is 0 Å². The summed E-state index contributed by atoms with van der Waals surface area (Å²) in [6.07, 6.45) is 3.18. The highest BCUT2D eigenvalue weighted by Gasteiger charge is 1.99. The number of benzene rings is 2. The van der Waals surface area contributed by atoms with Crippen LogP contribution in [0.5, 0.6) is 0 Å². The second-order valence-corrected chi connectivity index (χ2v) is 4.54. The van der Waals surface area contributed by atoms with Gasteiger partial charge in [0.1, 0.15) is 0 Å². The quantitative estimate of drug-likeness (QED) is 0.623. The Morgan fingerprint density at radius 1 is 1.11 bits per heavy atom. The molecule has 0 bridgehead atoms. The molecule has 0 aromatic heterocycles. The van der Waals surface area contributed by atoms with Gasteiger partial charge in [0.05, 0.1) is 7.11 Å². The van der Waals surface area contributed by atoms with Gasteiger partial charge < -0.3 is 9.64 Å². The first-order valence-corrected chi connectivity index (χ1v) is 6.07. The van der Waals surface area contributed by atoms with Crippen LogP contribution in [0.2, 0.25) is 0 Å². The lowest BCUT2D eigenvalue weighted by molar-refractivity contribution is -0.134. The van der Waals surface area contributed by atoms with E-state index in [1.165, 1.54) is 24.3 Å². The Bertz CT molecular complexity index is 630. The Kier molecular flexibility index (Phi) is 3.85. The number of rotatable bonds is 3. The Labute approximate surface area is 113 Å². The van der Waals surface area contributed by atoms with Crippen molar-refractivity contribution in [2.75, 3.05) is 26.1 Å². The van der Waals surface area contributed by atoms with Crippen molar-refractivity contribution in [1.82, 2.24) is 0 Å². The van der Waals surface area contributed by atoms with Crippen molar-refractivity contribution < 1.29 is 9.53 Å². The maximum atomic E-state index is 11.1. The Hall–Kier alpha value is -2.29. The zero-order valence-corrected chi connectivity index (χ0v) is 11.4. The number of hydrogen-bond acceptors (Lipinski definition) is 3. The van der Waals surface area contributed by atoms with E-state index >= 15 is 0 Å². The zero-order valence-electron chi connectivity index (χ0n) is 11.4. The average molecular weight is 255 g/mol. The Morgan fingerprint density at radius 3 is 2.47 bits per heavy atom. The summed E-state index contributed by atoms with van der Waals surface area (Å²) in [6, 6.07) is 12.4. The molecule has 2 rings (SSSR count). The second-order valence-electron chi connectivity index (χ2n) is 4.54. The number of fused-ring (bicyclic) bond motifs is 1.